The monoisotopic (exact) mass is 1220 g/mol. The molecule has 92 heavy (non-hydrogen) atoms. The first-order valence-electron chi connectivity index (χ1n) is 34.3. The van der Waals surface area contributed by atoms with Crippen molar-refractivity contribution in [3.63, 3.8) is 0 Å². The lowest BCUT2D eigenvalue weighted by Gasteiger charge is -2.27. The number of aromatic hydroxyl groups is 4. The number of phenolic OH excluding ortho intramolecular Hbond substituents is 4. The second-order valence-corrected chi connectivity index (χ2v) is 26.1. The van der Waals surface area contributed by atoms with Crippen LogP contribution in [-0.4, -0.2) is 121 Å². The molecule has 0 fully saturated rings. The van der Waals surface area contributed by atoms with E-state index in [0.717, 1.165) is 234 Å². The van der Waals surface area contributed by atoms with Crippen molar-refractivity contribution in [3.05, 3.63) is 257 Å². The smallest absolute Gasteiger partial charge is 0.127 e. The predicted octanol–water partition coefficient (Wildman–Crippen LogP) is 14.0. The average molecular weight is 1230 g/mol. The Kier molecular flexibility index (Phi) is 22.0. The number of benzene rings is 8. The highest BCUT2D eigenvalue weighted by Gasteiger charge is 2.19. The quantitative estimate of drug-likeness (QED) is 0.0372. The zero-order valence-electron chi connectivity index (χ0n) is 53.9. The first-order valence-corrected chi connectivity index (χ1v) is 34.3. The molecule has 0 spiro atoms. The highest BCUT2D eigenvalue weighted by atomic mass is 16.3. The van der Waals surface area contributed by atoms with Crippen molar-refractivity contribution in [2.45, 2.75) is 128 Å². The van der Waals surface area contributed by atoms with E-state index >= 15 is 0 Å². The number of rotatable bonds is 23. The van der Waals surface area contributed by atoms with Crippen LogP contribution in [0.4, 0.5) is 0 Å². The van der Waals surface area contributed by atoms with Crippen LogP contribution in [0.25, 0.3) is 0 Å². The van der Waals surface area contributed by atoms with Gasteiger partial charge in [-0.3, -0.25) is 20.0 Å². The molecule has 16 aliphatic carbocycles. The Morgan fingerprint density at radius 3 is 0.598 bits per heavy atom. The topological polar surface area (TPSA) is 137 Å². The van der Waals surface area contributed by atoms with Gasteiger partial charge in [0.15, 0.2) is 0 Å². The molecule has 10 nitrogen and oxygen atoms in total. The van der Waals surface area contributed by atoms with E-state index < -0.39 is 0 Å². The van der Waals surface area contributed by atoms with Gasteiger partial charge in [-0.1, -0.05) is 146 Å². The molecule has 0 aromatic heterocycles. The summed E-state index contributed by atoms with van der Waals surface area (Å²) in [4.78, 5) is 25.2. The lowest BCUT2D eigenvalue weighted by Crippen LogP contribution is -2.38. The van der Waals surface area contributed by atoms with Crippen LogP contribution < -0.4 is 0 Å². The van der Waals surface area contributed by atoms with E-state index in [9.17, 15) is 20.4 Å². The number of aliphatic imine (C=N–C) groups is 4. The van der Waals surface area contributed by atoms with Crippen molar-refractivity contribution < 1.29 is 20.4 Å². The van der Waals surface area contributed by atoms with Crippen molar-refractivity contribution in [2.75, 3.05) is 65.4 Å². The van der Waals surface area contributed by atoms with Gasteiger partial charge >= 0.3 is 0 Å². The van der Waals surface area contributed by atoms with Gasteiger partial charge in [0.2, 0.25) is 0 Å². The van der Waals surface area contributed by atoms with Gasteiger partial charge in [0.1, 0.15) is 23.0 Å². The lowest BCUT2D eigenvalue weighted by atomic mass is 9.92. The average Bonchev–Trinajstić information content (AvgIpc) is 1.26. The molecule has 0 unspecified atom stereocenters. The van der Waals surface area contributed by atoms with Crippen molar-refractivity contribution in [3.8, 4) is 23.0 Å². The summed E-state index contributed by atoms with van der Waals surface area (Å²) in [6.07, 6.45) is 24.8. The summed E-state index contributed by atoms with van der Waals surface area (Å²) in [6, 6.07) is 53.0. The molecule has 8 aromatic carbocycles. The molecule has 10 heteroatoms. The molecule has 474 valence electrons. The summed E-state index contributed by atoms with van der Waals surface area (Å²) in [5.74, 6) is 1.46. The molecule has 16 bridgehead atoms. The summed E-state index contributed by atoms with van der Waals surface area (Å²) in [5, 5.41) is 46.7. The van der Waals surface area contributed by atoms with Gasteiger partial charge in [-0.25, -0.2) is 0 Å². The van der Waals surface area contributed by atoms with Crippen LogP contribution in [0.3, 0.4) is 0 Å². The summed E-state index contributed by atoms with van der Waals surface area (Å²) in [6.45, 7) is 7.72. The Balaban J connectivity index is 0.740. The summed E-state index contributed by atoms with van der Waals surface area (Å²) in [5.41, 5.74) is 22.2. The van der Waals surface area contributed by atoms with Gasteiger partial charge in [0.25, 0.3) is 0 Å². The summed E-state index contributed by atoms with van der Waals surface area (Å²) < 4.78 is 0. The molecule has 24 rings (SSSR count). The standard InChI is InChI=1S/C82H92N6O4/c89-79-71-33-25-63-13-5-59(6-14-63)21-29-67(37-41-71)75(79)55-83-45-1-49-87(50-2-46-84-56-76-68-30-22-60-7-15-64(16-8-60)26-34-72(42-38-68)80(76)90)53-54-88(51-3-47-85-57-77-69-31-23-61-9-17-65(18-10-61)27-35-73(43-39-69)81(77)91)52-4-48-86-58-78-70-32-24-62-11-19-66(20-12-62)28-36-74(44-40-70)82(78)92/h5-20,37-44,55-58,89-92H,1-4,21-36,45-54H2. The highest BCUT2D eigenvalue weighted by molar-refractivity contribution is 5.88. The minimum Gasteiger partial charge on any atom is -0.507 e. The number of hydrogen-bond acceptors (Lipinski definition) is 10. The van der Waals surface area contributed by atoms with E-state index in [4.69, 9.17) is 20.0 Å². The van der Waals surface area contributed by atoms with Crippen molar-refractivity contribution >= 4 is 24.9 Å². The fourth-order valence-electron chi connectivity index (χ4n) is 13.9. The van der Waals surface area contributed by atoms with Gasteiger partial charge in [0, 0.05) is 86.4 Å². The minimum atomic E-state index is 0.365. The minimum absolute atomic E-state index is 0.365. The Hall–Kier alpha value is -8.44. The molecule has 0 heterocycles. The van der Waals surface area contributed by atoms with E-state index in [0.29, 0.717) is 49.2 Å². The molecular formula is C82H92N6O4. The zero-order chi connectivity index (χ0) is 62.9. The molecule has 0 saturated heterocycles. The van der Waals surface area contributed by atoms with Gasteiger partial charge in [-0.05, 0) is 244 Å². The molecule has 4 N–H and O–H groups in total. The Morgan fingerprint density at radius 1 is 0.228 bits per heavy atom. The summed E-state index contributed by atoms with van der Waals surface area (Å²) >= 11 is 0. The van der Waals surface area contributed by atoms with Crippen LogP contribution in [0.5, 0.6) is 23.0 Å². The molecule has 0 atom stereocenters. The molecule has 0 aliphatic heterocycles. The predicted molar refractivity (Wildman–Crippen MR) is 379 cm³/mol. The maximum Gasteiger partial charge on any atom is 0.127 e. The third kappa shape index (κ3) is 17.0. The van der Waals surface area contributed by atoms with E-state index in [1.165, 1.54) is 44.5 Å². The largest absolute Gasteiger partial charge is 0.507 e. The van der Waals surface area contributed by atoms with Gasteiger partial charge in [-0.2, -0.15) is 0 Å². The van der Waals surface area contributed by atoms with Crippen LogP contribution in [-0.2, 0) is 103 Å². The van der Waals surface area contributed by atoms with E-state index in [2.05, 4.69) is 155 Å². The fourth-order valence-corrected chi connectivity index (χ4v) is 13.9. The second kappa shape index (κ2) is 31.7. The van der Waals surface area contributed by atoms with Crippen LogP contribution in [0.15, 0.2) is 166 Å². The highest BCUT2D eigenvalue weighted by Crippen LogP contribution is 2.33. The van der Waals surface area contributed by atoms with Crippen LogP contribution in [0.1, 0.15) is 137 Å². The number of hydrogen-bond donors (Lipinski definition) is 4. The number of phenols is 4. The Bertz CT molecular complexity index is 3380. The van der Waals surface area contributed by atoms with Crippen LogP contribution in [0.2, 0.25) is 0 Å². The lowest BCUT2D eigenvalue weighted by molar-refractivity contribution is 0.200. The number of nitrogens with zero attached hydrogens (tertiary/aromatic N) is 6. The van der Waals surface area contributed by atoms with E-state index in [1.807, 2.05) is 24.9 Å². The molecule has 0 saturated carbocycles. The third-order valence-electron chi connectivity index (χ3n) is 19.8. The molecule has 0 radical (unpaired) electrons. The Morgan fingerprint density at radius 2 is 0.402 bits per heavy atom. The van der Waals surface area contributed by atoms with Crippen LogP contribution >= 0.6 is 0 Å². The molecule has 0 amide bonds. The second-order valence-electron chi connectivity index (χ2n) is 26.1. The fraction of sp³-hybridized carbons (Fsp3) is 0.366. The van der Waals surface area contributed by atoms with Crippen molar-refractivity contribution in [1.29, 1.82) is 0 Å². The van der Waals surface area contributed by atoms with Crippen molar-refractivity contribution in [2.24, 2.45) is 20.0 Å². The van der Waals surface area contributed by atoms with Gasteiger partial charge < -0.3 is 30.2 Å². The SMILES string of the molecule is Oc1c2ccc(c1C=NCCCN(CCCN=Cc1c3ccc(c1O)CCc1ccc(cc1)CC3)CCN(CCCN=Cc1c3ccc(c1O)CCc1ccc(cc1)CC3)CCCN=Cc1c3ccc(c1O)CCc1ccc(cc1)CC3)CCc1ccc(cc1)CC2. The first kappa shape index (κ1) is 63.7. The number of aryl methyl sites for hydroxylation is 16. The van der Waals surface area contributed by atoms with E-state index in [-0.39, 0.29) is 0 Å². The van der Waals surface area contributed by atoms with E-state index in [1.54, 1.807) is 0 Å². The maximum atomic E-state index is 11.7. The first-order chi connectivity index (χ1) is 45.2. The summed E-state index contributed by atoms with van der Waals surface area (Å²) in [7, 11) is 0. The zero-order valence-corrected chi connectivity index (χ0v) is 53.9. The normalized spacial score (nSPS) is 14.8. The van der Waals surface area contributed by atoms with Crippen LogP contribution in [0, 0.1) is 0 Å². The van der Waals surface area contributed by atoms with Gasteiger partial charge in [0.05, 0.1) is 0 Å². The van der Waals surface area contributed by atoms with Crippen molar-refractivity contribution in [1.82, 2.24) is 9.80 Å². The Labute approximate surface area is 545 Å². The maximum absolute atomic E-state index is 11.7. The molecular weight excluding hydrogens is 1130 g/mol. The third-order valence-corrected chi connectivity index (χ3v) is 19.8. The van der Waals surface area contributed by atoms with Gasteiger partial charge in [-0.15, -0.1) is 0 Å². The molecule has 16 aliphatic rings. The molecule has 8 aromatic rings.